The van der Waals surface area contributed by atoms with Crippen molar-refractivity contribution in [1.82, 2.24) is 9.80 Å². The molecule has 2 N–H and O–H groups in total. The van der Waals surface area contributed by atoms with Crippen LogP contribution in [0.2, 0.25) is 0 Å². The first-order valence-electron chi connectivity index (χ1n) is 8.53. The molecule has 0 aromatic heterocycles. The average molecular weight is 297 g/mol. The van der Waals surface area contributed by atoms with E-state index in [0.29, 0.717) is 18.1 Å². The summed E-state index contributed by atoms with van der Waals surface area (Å²) in [4.78, 5) is 4.81. The van der Waals surface area contributed by atoms with Gasteiger partial charge in [0.15, 0.2) is 0 Å². The summed E-state index contributed by atoms with van der Waals surface area (Å²) in [5.74, 6) is 0.529. The van der Waals surface area contributed by atoms with Crippen LogP contribution in [0.3, 0.4) is 0 Å². The molecule has 4 unspecified atom stereocenters. The van der Waals surface area contributed by atoms with Crippen molar-refractivity contribution in [2.75, 3.05) is 40.3 Å². The first-order valence-corrected chi connectivity index (χ1v) is 8.53. The van der Waals surface area contributed by atoms with Crippen LogP contribution in [-0.2, 0) is 4.74 Å². The van der Waals surface area contributed by atoms with Gasteiger partial charge in [-0.05, 0) is 40.4 Å². The molecule has 0 spiro atoms. The highest BCUT2D eigenvalue weighted by Gasteiger charge is 2.66. The number of hydrogen-bond donors (Lipinski definition) is 1. The van der Waals surface area contributed by atoms with Crippen LogP contribution in [0.4, 0.5) is 0 Å². The minimum Gasteiger partial charge on any atom is -0.377 e. The molecule has 4 nitrogen and oxygen atoms in total. The average Bonchev–Trinajstić information content (AvgIpc) is 2.43. The summed E-state index contributed by atoms with van der Waals surface area (Å²) >= 11 is 0. The van der Waals surface area contributed by atoms with E-state index in [4.69, 9.17) is 10.5 Å². The number of fused-ring (bicyclic) bond motifs is 1. The number of ether oxygens (including phenoxy) is 1. The van der Waals surface area contributed by atoms with Crippen LogP contribution in [0.15, 0.2) is 0 Å². The van der Waals surface area contributed by atoms with Gasteiger partial charge in [-0.3, -0.25) is 4.90 Å². The Bertz CT molecular complexity index is 358. The Morgan fingerprint density at radius 2 is 2.00 bits per heavy atom. The molecule has 2 fully saturated rings. The summed E-state index contributed by atoms with van der Waals surface area (Å²) in [5.41, 5.74) is 6.90. The second kappa shape index (κ2) is 6.15. The molecule has 0 bridgehead atoms. The molecule has 4 atom stereocenters. The van der Waals surface area contributed by atoms with Gasteiger partial charge in [-0.25, -0.2) is 0 Å². The zero-order valence-electron chi connectivity index (χ0n) is 14.9. The molecule has 21 heavy (non-hydrogen) atoms. The highest BCUT2D eigenvalue weighted by molar-refractivity contribution is 5.21. The van der Waals surface area contributed by atoms with Crippen molar-refractivity contribution in [3.63, 3.8) is 0 Å². The second-order valence-electron chi connectivity index (χ2n) is 7.98. The maximum atomic E-state index is 6.95. The van der Waals surface area contributed by atoms with Crippen molar-refractivity contribution in [3.05, 3.63) is 0 Å². The molecule has 1 heterocycles. The summed E-state index contributed by atoms with van der Waals surface area (Å²) in [7, 11) is 4.28. The largest absolute Gasteiger partial charge is 0.377 e. The van der Waals surface area contributed by atoms with Crippen molar-refractivity contribution in [2.45, 2.75) is 58.2 Å². The van der Waals surface area contributed by atoms with E-state index in [-0.39, 0.29) is 11.0 Å². The molecule has 0 aromatic rings. The lowest BCUT2D eigenvalue weighted by atomic mass is 9.46. The van der Waals surface area contributed by atoms with Gasteiger partial charge in [0.25, 0.3) is 0 Å². The van der Waals surface area contributed by atoms with E-state index in [9.17, 15) is 0 Å². The van der Waals surface area contributed by atoms with Gasteiger partial charge in [0.05, 0.1) is 6.10 Å². The summed E-state index contributed by atoms with van der Waals surface area (Å²) < 4.78 is 6.02. The lowest BCUT2D eigenvalue weighted by molar-refractivity contribution is -0.233. The maximum Gasteiger partial charge on any atom is 0.0690 e. The summed E-state index contributed by atoms with van der Waals surface area (Å²) in [6.07, 6.45) is 2.75. The Morgan fingerprint density at radius 1 is 1.33 bits per heavy atom. The fourth-order valence-corrected chi connectivity index (χ4v) is 4.55. The van der Waals surface area contributed by atoms with Gasteiger partial charge in [-0.1, -0.05) is 20.8 Å². The summed E-state index contributed by atoms with van der Waals surface area (Å²) in [5, 5.41) is 0. The fraction of sp³-hybridized carbons (Fsp3) is 1.00. The molecule has 4 heteroatoms. The van der Waals surface area contributed by atoms with Crippen molar-refractivity contribution in [3.8, 4) is 0 Å². The number of nitrogens with two attached hydrogens (primary N) is 1. The van der Waals surface area contributed by atoms with Crippen LogP contribution in [0.5, 0.6) is 0 Å². The first-order chi connectivity index (χ1) is 9.74. The van der Waals surface area contributed by atoms with E-state index in [1.54, 1.807) is 0 Å². The van der Waals surface area contributed by atoms with E-state index < -0.39 is 0 Å². The first kappa shape index (κ1) is 17.2. The molecule has 2 aliphatic rings. The Hall–Kier alpha value is -0.160. The van der Waals surface area contributed by atoms with Crippen LogP contribution >= 0.6 is 0 Å². The monoisotopic (exact) mass is 297 g/mol. The highest BCUT2D eigenvalue weighted by Crippen LogP contribution is 2.57. The van der Waals surface area contributed by atoms with Gasteiger partial charge in [-0.2, -0.15) is 0 Å². The fourth-order valence-electron chi connectivity index (χ4n) is 4.55. The van der Waals surface area contributed by atoms with E-state index in [2.05, 4.69) is 51.6 Å². The highest BCUT2D eigenvalue weighted by atomic mass is 16.5. The zero-order valence-corrected chi connectivity index (χ0v) is 14.9. The smallest absolute Gasteiger partial charge is 0.0690 e. The molecular weight excluding hydrogens is 262 g/mol. The number of rotatable bonds is 6. The van der Waals surface area contributed by atoms with Crippen molar-refractivity contribution >= 4 is 0 Å². The van der Waals surface area contributed by atoms with E-state index in [1.807, 2.05) is 0 Å². The van der Waals surface area contributed by atoms with E-state index >= 15 is 0 Å². The predicted molar refractivity (Wildman–Crippen MR) is 88.4 cm³/mol. The van der Waals surface area contributed by atoms with Gasteiger partial charge in [0, 0.05) is 42.6 Å². The third-order valence-electron chi connectivity index (χ3n) is 6.02. The molecule has 0 amide bonds. The number of hydrogen-bond acceptors (Lipinski definition) is 4. The van der Waals surface area contributed by atoms with Crippen LogP contribution in [0.1, 0.15) is 40.5 Å². The summed E-state index contributed by atoms with van der Waals surface area (Å²) in [6.45, 7) is 13.2. The quantitative estimate of drug-likeness (QED) is 0.811. The van der Waals surface area contributed by atoms with Gasteiger partial charge in [0.1, 0.15) is 0 Å². The maximum absolute atomic E-state index is 6.95. The van der Waals surface area contributed by atoms with Crippen LogP contribution in [0.25, 0.3) is 0 Å². The molecule has 2 rings (SSSR count). The van der Waals surface area contributed by atoms with Gasteiger partial charge >= 0.3 is 0 Å². The minimum atomic E-state index is -0.116. The molecule has 1 aliphatic carbocycles. The van der Waals surface area contributed by atoms with Crippen LogP contribution in [-0.4, -0.2) is 67.8 Å². The zero-order chi connectivity index (χ0) is 15.8. The molecule has 0 aromatic carbocycles. The lowest BCUT2D eigenvalue weighted by Crippen LogP contribution is -2.80. The van der Waals surface area contributed by atoms with Gasteiger partial charge in [-0.15, -0.1) is 0 Å². The van der Waals surface area contributed by atoms with Crippen molar-refractivity contribution < 1.29 is 4.74 Å². The van der Waals surface area contributed by atoms with Crippen molar-refractivity contribution in [2.24, 2.45) is 17.1 Å². The van der Waals surface area contributed by atoms with E-state index in [1.165, 1.54) is 6.42 Å². The number of likely N-dealkylation sites (N-methyl/N-ethyl adjacent to an activating group) is 2. The predicted octanol–water partition coefficient (Wildman–Crippen LogP) is 1.79. The minimum absolute atomic E-state index is 0.0728. The molecule has 1 saturated carbocycles. The van der Waals surface area contributed by atoms with Crippen molar-refractivity contribution in [1.29, 1.82) is 0 Å². The van der Waals surface area contributed by atoms with Crippen LogP contribution < -0.4 is 5.73 Å². The van der Waals surface area contributed by atoms with E-state index in [0.717, 1.165) is 32.7 Å². The van der Waals surface area contributed by atoms with Crippen LogP contribution in [0, 0.1) is 11.3 Å². The third kappa shape index (κ3) is 2.88. The third-order valence-corrected chi connectivity index (χ3v) is 6.02. The van der Waals surface area contributed by atoms with Gasteiger partial charge in [0.2, 0.25) is 0 Å². The Balaban J connectivity index is 2.08. The number of nitrogens with zero attached hydrogens (tertiary/aromatic N) is 2. The Kier molecular flexibility index (Phi) is 5.04. The normalized spacial score (nSPS) is 36.4. The molecule has 124 valence electrons. The summed E-state index contributed by atoms with van der Waals surface area (Å²) in [6, 6.07) is 0.532. The Labute approximate surface area is 131 Å². The molecule has 1 saturated heterocycles. The topological polar surface area (TPSA) is 41.7 Å². The molecule has 1 aliphatic heterocycles. The standard InChI is InChI=1S/C17H35N3O/c1-7-20(13(2)11-19(5)6)12-17(18)14-9-8-10-21-15(14)16(17,3)4/h13-15H,7-12,18H2,1-6H3. The molecular formula is C17H35N3O. The molecule has 0 radical (unpaired) electrons. The Morgan fingerprint density at radius 3 is 2.57 bits per heavy atom. The second-order valence-corrected chi connectivity index (χ2v) is 7.98. The lowest BCUT2D eigenvalue weighted by Gasteiger charge is -2.67. The van der Waals surface area contributed by atoms with Gasteiger partial charge < -0.3 is 15.4 Å². The SMILES string of the molecule is CCN(CC1(N)C2CCCOC2C1(C)C)C(C)CN(C)C.